The number of nitrogens with zero attached hydrogens (tertiary/aromatic N) is 4. The molecule has 0 fully saturated rings. The largest absolute Gasteiger partial charge is 0.304 e. The van der Waals surface area contributed by atoms with Crippen LogP contribution >= 0.6 is 23.2 Å². The normalized spacial score (nSPS) is 10.6. The van der Waals surface area contributed by atoms with Gasteiger partial charge in [0.05, 0.1) is 15.7 Å². The summed E-state index contributed by atoms with van der Waals surface area (Å²) in [6.07, 6.45) is 3.06. The Morgan fingerprint density at radius 3 is 2.65 bits per heavy atom. The zero-order valence-electron chi connectivity index (χ0n) is 12.0. The van der Waals surface area contributed by atoms with Crippen molar-refractivity contribution in [3.63, 3.8) is 0 Å². The van der Waals surface area contributed by atoms with Gasteiger partial charge < -0.3 is 5.32 Å². The molecule has 0 aliphatic rings. The van der Waals surface area contributed by atoms with Crippen LogP contribution in [0, 0.1) is 0 Å². The lowest BCUT2D eigenvalue weighted by atomic mass is 10.1. The summed E-state index contributed by atoms with van der Waals surface area (Å²) in [4.78, 5) is 20.4. The fourth-order valence-corrected chi connectivity index (χ4v) is 2.25. The minimum atomic E-state index is -0.368. The molecule has 3 rings (SSSR count). The van der Waals surface area contributed by atoms with Crippen LogP contribution in [-0.4, -0.2) is 25.7 Å². The number of halogens is 2. The number of aromatic nitrogens is 4. The number of rotatable bonds is 3. The topological polar surface area (TPSA) is 72.7 Å². The fraction of sp³-hybridized carbons (Fsp3) is 0.0667. The first-order valence-electron chi connectivity index (χ1n) is 6.61. The zero-order chi connectivity index (χ0) is 16.4. The molecule has 1 N–H and O–H groups in total. The van der Waals surface area contributed by atoms with Crippen LogP contribution in [0.2, 0.25) is 10.0 Å². The van der Waals surface area contributed by atoms with Gasteiger partial charge in [0, 0.05) is 24.9 Å². The smallest absolute Gasteiger partial charge is 0.275 e. The molecule has 0 saturated heterocycles. The molecule has 0 unspecified atom stereocenters. The van der Waals surface area contributed by atoms with E-state index in [1.807, 2.05) is 0 Å². The summed E-state index contributed by atoms with van der Waals surface area (Å²) < 4.78 is 1.59. The number of hydrogen-bond acceptors (Lipinski definition) is 4. The van der Waals surface area contributed by atoms with E-state index in [1.165, 1.54) is 6.33 Å². The second-order valence-electron chi connectivity index (χ2n) is 4.75. The maximum atomic E-state index is 12.2. The summed E-state index contributed by atoms with van der Waals surface area (Å²) >= 11 is 11.9. The molecule has 8 heteroatoms. The number of carbonyl (C=O) groups excluding carboxylic acids is 1. The van der Waals surface area contributed by atoms with Crippen molar-refractivity contribution in [3.8, 4) is 11.3 Å². The van der Waals surface area contributed by atoms with E-state index in [1.54, 1.807) is 48.3 Å². The molecule has 2 heterocycles. The highest BCUT2D eigenvalue weighted by atomic mass is 35.5. The molecule has 2 aromatic heterocycles. The minimum absolute atomic E-state index is 0.228. The van der Waals surface area contributed by atoms with E-state index in [2.05, 4.69) is 20.4 Å². The second-order valence-corrected chi connectivity index (χ2v) is 5.56. The van der Waals surface area contributed by atoms with E-state index < -0.39 is 0 Å². The molecular weight excluding hydrogens is 337 g/mol. The average Bonchev–Trinajstić information content (AvgIpc) is 2.95. The van der Waals surface area contributed by atoms with E-state index in [4.69, 9.17) is 23.2 Å². The third kappa shape index (κ3) is 3.49. The van der Waals surface area contributed by atoms with Crippen molar-refractivity contribution in [3.05, 3.63) is 58.6 Å². The number of amides is 1. The summed E-state index contributed by atoms with van der Waals surface area (Å²) in [6.45, 7) is 0. The van der Waals surface area contributed by atoms with E-state index in [9.17, 15) is 4.79 Å². The molecule has 116 valence electrons. The maximum Gasteiger partial charge on any atom is 0.275 e. The van der Waals surface area contributed by atoms with Gasteiger partial charge in [-0.3, -0.25) is 9.48 Å². The predicted molar refractivity (Wildman–Crippen MR) is 88.6 cm³/mol. The van der Waals surface area contributed by atoms with Gasteiger partial charge in [0.25, 0.3) is 5.91 Å². The highest BCUT2D eigenvalue weighted by Gasteiger charge is 2.12. The molecule has 6 nitrogen and oxygen atoms in total. The van der Waals surface area contributed by atoms with Gasteiger partial charge in [-0.15, -0.1) is 0 Å². The van der Waals surface area contributed by atoms with Gasteiger partial charge in [-0.25, -0.2) is 9.97 Å². The van der Waals surface area contributed by atoms with Gasteiger partial charge in [0.2, 0.25) is 0 Å². The van der Waals surface area contributed by atoms with Crippen molar-refractivity contribution < 1.29 is 4.79 Å². The molecule has 3 aromatic rings. The van der Waals surface area contributed by atoms with Crippen molar-refractivity contribution in [2.75, 3.05) is 5.32 Å². The van der Waals surface area contributed by atoms with Gasteiger partial charge in [-0.05, 0) is 18.2 Å². The molecule has 0 atom stereocenters. The first-order valence-corrected chi connectivity index (χ1v) is 7.37. The molecule has 0 radical (unpaired) electrons. The Morgan fingerprint density at radius 1 is 1.13 bits per heavy atom. The molecule has 0 spiro atoms. The number of nitrogens with one attached hydrogen (secondary N) is 1. The van der Waals surface area contributed by atoms with Crippen LogP contribution in [0.5, 0.6) is 0 Å². The van der Waals surface area contributed by atoms with Crippen molar-refractivity contribution in [1.82, 2.24) is 19.7 Å². The third-order valence-electron chi connectivity index (χ3n) is 3.07. The van der Waals surface area contributed by atoms with Crippen LogP contribution in [0.1, 0.15) is 10.5 Å². The van der Waals surface area contributed by atoms with Crippen molar-refractivity contribution in [2.45, 2.75) is 0 Å². The quantitative estimate of drug-likeness (QED) is 0.787. The summed E-state index contributed by atoms with van der Waals surface area (Å²) in [5.41, 5.74) is 1.55. The lowest BCUT2D eigenvalue weighted by Crippen LogP contribution is -2.14. The molecule has 0 bridgehead atoms. The number of aryl methyl sites for hydroxylation is 1. The van der Waals surface area contributed by atoms with Gasteiger partial charge >= 0.3 is 0 Å². The van der Waals surface area contributed by atoms with E-state index in [-0.39, 0.29) is 11.6 Å². The average molecular weight is 348 g/mol. The number of hydrogen-bond donors (Lipinski definition) is 1. The molecule has 0 aliphatic heterocycles. The zero-order valence-corrected chi connectivity index (χ0v) is 13.5. The molecule has 23 heavy (non-hydrogen) atoms. The van der Waals surface area contributed by atoms with Gasteiger partial charge in [-0.2, -0.15) is 5.10 Å². The Hall–Kier alpha value is -2.44. The Labute approximate surface area is 142 Å². The van der Waals surface area contributed by atoms with Gasteiger partial charge in [-0.1, -0.05) is 29.3 Å². The first kappa shape index (κ1) is 15.5. The Balaban J connectivity index is 1.87. The highest BCUT2D eigenvalue weighted by Crippen LogP contribution is 2.27. The van der Waals surface area contributed by atoms with Crippen molar-refractivity contribution in [2.24, 2.45) is 7.05 Å². The van der Waals surface area contributed by atoms with Crippen LogP contribution in [0.15, 0.2) is 42.9 Å². The molecule has 1 amide bonds. The number of benzene rings is 1. The molecular formula is C15H11Cl2N5O. The van der Waals surface area contributed by atoms with Crippen molar-refractivity contribution >= 4 is 34.9 Å². The van der Waals surface area contributed by atoms with E-state index >= 15 is 0 Å². The fourth-order valence-electron chi connectivity index (χ4n) is 1.96. The number of carbonyl (C=O) groups is 1. The van der Waals surface area contributed by atoms with E-state index in [0.717, 1.165) is 5.56 Å². The summed E-state index contributed by atoms with van der Waals surface area (Å²) in [6, 6.07) is 8.41. The van der Waals surface area contributed by atoms with Crippen LogP contribution in [0.4, 0.5) is 5.82 Å². The standard InChI is InChI=1S/C15H11Cl2N5O/c1-22-5-4-14(21-22)20-15(23)13-7-12(18-8-19-13)9-2-3-10(16)11(17)6-9/h2-8H,1H3,(H,20,21,23). The number of anilines is 1. The third-order valence-corrected chi connectivity index (χ3v) is 3.81. The van der Waals surface area contributed by atoms with Crippen LogP contribution in [0.3, 0.4) is 0 Å². The monoisotopic (exact) mass is 347 g/mol. The highest BCUT2D eigenvalue weighted by molar-refractivity contribution is 6.42. The maximum absolute atomic E-state index is 12.2. The van der Waals surface area contributed by atoms with Crippen LogP contribution < -0.4 is 5.32 Å². The van der Waals surface area contributed by atoms with Crippen LogP contribution in [-0.2, 0) is 7.05 Å². The lowest BCUT2D eigenvalue weighted by molar-refractivity contribution is 0.102. The Bertz CT molecular complexity index is 878. The minimum Gasteiger partial charge on any atom is -0.304 e. The second kappa shape index (κ2) is 6.36. The van der Waals surface area contributed by atoms with Crippen LogP contribution in [0.25, 0.3) is 11.3 Å². The van der Waals surface area contributed by atoms with Crippen molar-refractivity contribution in [1.29, 1.82) is 0 Å². The SMILES string of the molecule is Cn1ccc(NC(=O)c2cc(-c3ccc(Cl)c(Cl)c3)ncn2)n1. The summed E-state index contributed by atoms with van der Waals surface area (Å²) in [7, 11) is 1.77. The summed E-state index contributed by atoms with van der Waals surface area (Å²) in [5, 5.41) is 7.63. The Morgan fingerprint density at radius 2 is 1.96 bits per heavy atom. The lowest BCUT2D eigenvalue weighted by Gasteiger charge is -2.05. The van der Waals surface area contributed by atoms with E-state index in [0.29, 0.717) is 21.6 Å². The molecule has 0 aliphatic carbocycles. The van der Waals surface area contributed by atoms with Gasteiger partial charge in [0.1, 0.15) is 12.0 Å². The molecule has 1 aromatic carbocycles. The summed E-state index contributed by atoms with van der Waals surface area (Å²) in [5.74, 6) is 0.0830. The van der Waals surface area contributed by atoms with Gasteiger partial charge in [0.15, 0.2) is 5.82 Å². The predicted octanol–water partition coefficient (Wildman–Crippen LogP) is 3.44. The molecule has 0 saturated carbocycles. The Kier molecular flexibility index (Phi) is 4.27. The first-order chi connectivity index (χ1) is 11.0.